The Balaban J connectivity index is 2.34. The zero-order valence-corrected chi connectivity index (χ0v) is 10.00. The first-order valence-electron chi connectivity index (χ1n) is 5.49. The molecule has 1 unspecified atom stereocenters. The highest BCUT2D eigenvalue weighted by atomic mass is 16.5. The fraction of sp³-hybridized carbons (Fsp3) is 0.333. The third-order valence-corrected chi connectivity index (χ3v) is 2.62. The molecule has 0 spiro atoms. The van der Waals surface area contributed by atoms with Crippen molar-refractivity contribution in [2.24, 2.45) is 0 Å². The molecule has 0 radical (unpaired) electrons. The van der Waals surface area contributed by atoms with E-state index in [1.54, 1.807) is 13.3 Å². The van der Waals surface area contributed by atoms with Crippen LogP contribution in [0.25, 0.3) is 5.69 Å². The zero-order chi connectivity index (χ0) is 12.1. The summed E-state index contributed by atoms with van der Waals surface area (Å²) < 4.78 is 7.00. The smallest absolute Gasteiger partial charge is 0.0838 e. The van der Waals surface area contributed by atoms with E-state index in [9.17, 15) is 0 Å². The molecule has 17 heavy (non-hydrogen) atoms. The number of para-hydroxylation sites is 1. The highest BCUT2D eigenvalue weighted by molar-refractivity contribution is 5.32. The van der Waals surface area contributed by atoms with E-state index < -0.39 is 0 Å². The van der Waals surface area contributed by atoms with Crippen molar-refractivity contribution >= 4 is 0 Å². The number of benzene rings is 1. The van der Waals surface area contributed by atoms with Crippen molar-refractivity contribution in [3.63, 3.8) is 0 Å². The molecule has 0 amide bonds. The summed E-state index contributed by atoms with van der Waals surface area (Å²) in [7, 11) is 3.58. The van der Waals surface area contributed by atoms with Crippen LogP contribution in [-0.2, 0) is 4.74 Å². The Morgan fingerprint density at radius 3 is 2.76 bits per heavy atom. The Morgan fingerprint density at radius 2 is 2.12 bits per heavy atom. The number of ether oxygens (including phenoxy) is 1. The van der Waals surface area contributed by atoms with Crippen LogP contribution >= 0.6 is 0 Å². The van der Waals surface area contributed by atoms with Crippen LogP contribution in [-0.4, -0.2) is 35.8 Å². The normalized spacial score (nSPS) is 12.6. The van der Waals surface area contributed by atoms with Crippen LogP contribution in [0.4, 0.5) is 0 Å². The van der Waals surface area contributed by atoms with Gasteiger partial charge in [-0.15, -0.1) is 5.10 Å². The molecular formula is C12H16N4O. The summed E-state index contributed by atoms with van der Waals surface area (Å²) in [5, 5.41) is 11.3. The third-order valence-electron chi connectivity index (χ3n) is 2.62. The summed E-state index contributed by atoms with van der Waals surface area (Å²) in [6.45, 7) is 0.580. The summed E-state index contributed by atoms with van der Waals surface area (Å²) in [4.78, 5) is 0. The second-order valence-electron chi connectivity index (χ2n) is 3.70. The molecule has 0 saturated heterocycles. The van der Waals surface area contributed by atoms with Crippen LogP contribution in [0, 0.1) is 0 Å². The van der Waals surface area contributed by atoms with Gasteiger partial charge in [-0.05, 0) is 19.2 Å². The van der Waals surface area contributed by atoms with Gasteiger partial charge < -0.3 is 10.1 Å². The van der Waals surface area contributed by atoms with Crippen LogP contribution in [0.1, 0.15) is 11.7 Å². The lowest BCUT2D eigenvalue weighted by Crippen LogP contribution is -2.24. The van der Waals surface area contributed by atoms with Crippen molar-refractivity contribution in [1.29, 1.82) is 0 Å². The molecule has 1 heterocycles. The molecule has 0 bridgehead atoms. The zero-order valence-electron chi connectivity index (χ0n) is 10.00. The van der Waals surface area contributed by atoms with Crippen molar-refractivity contribution in [3.05, 3.63) is 42.2 Å². The summed E-state index contributed by atoms with van der Waals surface area (Å²) in [5.74, 6) is 0. The van der Waals surface area contributed by atoms with Gasteiger partial charge in [-0.3, -0.25) is 0 Å². The van der Waals surface area contributed by atoms with E-state index in [0.717, 1.165) is 11.4 Å². The van der Waals surface area contributed by atoms with Gasteiger partial charge in [0.25, 0.3) is 0 Å². The number of likely N-dealkylation sites (N-methyl/N-ethyl adjacent to an activating group) is 1. The summed E-state index contributed by atoms with van der Waals surface area (Å²) in [6, 6.07) is 10.0. The maximum absolute atomic E-state index is 5.18. The minimum atomic E-state index is 0.0789. The number of rotatable bonds is 5. The van der Waals surface area contributed by atoms with Gasteiger partial charge in [0.05, 0.1) is 30.2 Å². The van der Waals surface area contributed by atoms with Crippen LogP contribution < -0.4 is 5.32 Å². The van der Waals surface area contributed by atoms with E-state index in [1.807, 2.05) is 42.1 Å². The fourth-order valence-electron chi connectivity index (χ4n) is 1.73. The molecule has 0 aliphatic rings. The maximum Gasteiger partial charge on any atom is 0.0838 e. The number of nitrogens with one attached hydrogen (secondary N) is 1. The third kappa shape index (κ3) is 2.51. The molecule has 1 aromatic carbocycles. The van der Waals surface area contributed by atoms with Crippen molar-refractivity contribution in [2.45, 2.75) is 6.04 Å². The Morgan fingerprint density at radius 1 is 1.35 bits per heavy atom. The van der Waals surface area contributed by atoms with Gasteiger partial charge in [-0.1, -0.05) is 23.4 Å². The largest absolute Gasteiger partial charge is 0.383 e. The van der Waals surface area contributed by atoms with Gasteiger partial charge in [0, 0.05) is 7.11 Å². The van der Waals surface area contributed by atoms with Gasteiger partial charge in [0.15, 0.2) is 0 Å². The lowest BCUT2D eigenvalue weighted by molar-refractivity contribution is 0.168. The topological polar surface area (TPSA) is 52.0 Å². The standard InChI is InChI=1S/C12H16N4O/c1-13-11(9-17-2)12-8-14-15-16(12)10-6-4-3-5-7-10/h3-8,11,13H,9H2,1-2H3. The van der Waals surface area contributed by atoms with E-state index in [-0.39, 0.29) is 6.04 Å². The van der Waals surface area contributed by atoms with E-state index in [2.05, 4.69) is 15.6 Å². The Kier molecular flexibility index (Phi) is 3.85. The van der Waals surface area contributed by atoms with Crippen molar-refractivity contribution in [1.82, 2.24) is 20.3 Å². The molecule has 0 fully saturated rings. The first-order chi connectivity index (χ1) is 8.36. The van der Waals surface area contributed by atoms with Crippen molar-refractivity contribution in [3.8, 4) is 5.69 Å². The molecule has 1 N–H and O–H groups in total. The number of aromatic nitrogens is 3. The van der Waals surface area contributed by atoms with Crippen LogP contribution in [0.2, 0.25) is 0 Å². The monoisotopic (exact) mass is 232 g/mol. The molecule has 2 rings (SSSR count). The lowest BCUT2D eigenvalue weighted by Gasteiger charge is -2.15. The van der Waals surface area contributed by atoms with Crippen LogP contribution in [0.5, 0.6) is 0 Å². The quantitative estimate of drug-likeness (QED) is 0.841. The average Bonchev–Trinajstić information content (AvgIpc) is 2.86. The molecule has 5 heteroatoms. The second kappa shape index (κ2) is 5.56. The molecule has 0 saturated carbocycles. The summed E-state index contributed by atoms with van der Waals surface area (Å²) >= 11 is 0. The molecule has 90 valence electrons. The molecular weight excluding hydrogens is 216 g/mol. The first kappa shape index (κ1) is 11.8. The number of hydrogen-bond donors (Lipinski definition) is 1. The van der Waals surface area contributed by atoms with E-state index in [4.69, 9.17) is 4.74 Å². The molecule has 1 atom stereocenters. The Hall–Kier alpha value is -1.72. The molecule has 2 aromatic rings. The minimum Gasteiger partial charge on any atom is -0.383 e. The SMILES string of the molecule is CNC(COC)c1cnnn1-c1ccccc1. The van der Waals surface area contributed by atoms with Gasteiger partial charge in [0.1, 0.15) is 0 Å². The minimum absolute atomic E-state index is 0.0789. The van der Waals surface area contributed by atoms with Gasteiger partial charge >= 0.3 is 0 Å². The van der Waals surface area contributed by atoms with E-state index >= 15 is 0 Å². The highest BCUT2D eigenvalue weighted by Crippen LogP contribution is 2.15. The highest BCUT2D eigenvalue weighted by Gasteiger charge is 2.15. The van der Waals surface area contributed by atoms with Crippen LogP contribution in [0.15, 0.2) is 36.5 Å². The number of methoxy groups -OCH3 is 1. The molecule has 0 aliphatic carbocycles. The average molecular weight is 232 g/mol. The maximum atomic E-state index is 5.18. The molecule has 0 aliphatic heterocycles. The summed E-state index contributed by atoms with van der Waals surface area (Å²) in [5.41, 5.74) is 1.98. The van der Waals surface area contributed by atoms with Crippen molar-refractivity contribution < 1.29 is 4.74 Å². The number of hydrogen-bond acceptors (Lipinski definition) is 4. The fourth-order valence-corrected chi connectivity index (χ4v) is 1.73. The molecule has 5 nitrogen and oxygen atoms in total. The van der Waals surface area contributed by atoms with Gasteiger partial charge in [-0.2, -0.15) is 0 Å². The van der Waals surface area contributed by atoms with Gasteiger partial charge in [-0.25, -0.2) is 4.68 Å². The van der Waals surface area contributed by atoms with E-state index in [1.165, 1.54) is 0 Å². The Labute approximate surface area is 100 Å². The molecule has 1 aromatic heterocycles. The van der Waals surface area contributed by atoms with Crippen molar-refractivity contribution in [2.75, 3.05) is 20.8 Å². The van der Waals surface area contributed by atoms with E-state index in [0.29, 0.717) is 6.61 Å². The van der Waals surface area contributed by atoms with Crippen LogP contribution in [0.3, 0.4) is 0 Å². The lowest BCUT2D eigenvalue weighted by atomic mass is 10.2. The van der Waals surface area contributed by atoms with Gasteiger partial charge in [0.2, 0.25) is 0 Å². The second-order valence-corrected chi connectivity index (χ2v) is 3.70. The Bertz CT molecular complexity index is 455. The first-order valence-corrected chi connectivity index (χ1v) is 5.49. The summed E-state index contributed by atoms with van der Waals surface area (Å²) in [6.07, 6.45) is 1.76. The number of nitrogens with zero attached hydrogens (tertiary/aromatic N) is 3. The predicted octanol–water partition coefficient (Wildman–Crippen LogP) is 1.17. The predicted molar refractivity (Wildman–Crippen MR) is 65.0 cm³/mol.